The number of halogens is 2. The smallest absolute Gasteiger partial charge is 0.244 e. The second-order valence-electron chi connectivity index (χ2n) is 7.07. The number of nitrogens with one attached hydrogen (secondary N) is 1. The molecule has 0 spiro atoms. The fourth-order valence-corrected chi connectivity index (χ4v) is 3.35. The Bertz CT molecular complexity index is 874. The fraction of sp³-hybridized carbons (Fsp3) is 0.304. The Labute approximate surface area is 175 Å². The Balaban J connectivity index is 1.35. The molecule has 0 radical (unpaired) electrons. The molecule has 1 N–H and O–H groups in total. The van der Waals surface area contributed by atoms with Gasteiger partial charge in [-0.3, -0.25) is 9.59 Å². The lowest BCUT2D eigenvalue weighted by atomic mass is 10.2. The zero-order valence-corrected chi connectivity index (χ0v) is 16.7. The number of carbonyl (C=O) groups excluding carboxylic acids is 2. The maximum Gasteiger partial charge on any atom is 0.244 e. The molecule has 1 saturated heterocycles. The minimum atomic E-state index is -0.725. The molecule has 2 aromatic carbocycles. The SMILES string of the molecule is O=C(C=Cc1c(F)cccc1F)NCCCC(=O)N1CCN(c2ccccc2)CC1. The molecule has 30 heavy (non-hydrogen) atoms. The van der Waals surface area contributed by atoms with Crippen LogP contribution in [0.1, 0.15) is 18.4 Å². The van der Waals surface area contributed by atoms with Gasteiger partial charge in [-0.1, -0.05) is 24.3 Å². The first-order chi connectivity index (χ1) is 14.5. The molecular weight excluding hydrogens is 388 g/mol. The highest BCUT2D eigenvalue weighted by molar-refractivity contribution is 5.91. The number of carbonyl (C=O) groups is 2. The first-order valence-corrected chi connectivity index (χ1v) is 10.0. The number of para-hydroxylation sites is 1. The molecule has 0 atom stereocenters. The Hall–Kier alpha value is -3.22. The van der Waals surface area contributed by atoms with Crippen molar-refractivity contribution in [1.82, 2.24) is 10.2 Å². The van der Waals surface area contributed by atoms with E-state index >= 15 is 0 Å². The predicted molar refractivity (Wildman–Crippen MR) is 113 cm³/mol. The Morgan fingerprint density at radius 3 is 2.27 bits per heavy atom. The van der Waals surface area contributed by atoms with E-state index in [-0.39, 0.29) is 11.5 Å². The van der Waals surface area contributed by atoms with Crippen LogP contribution in [0.5, 0.6) is 0 Å². The van der Waals surface area contributed by atoms with E-state index in [1.54, 1.807) is 0 Å². The zero-order valence-electron chi connectivity index (χ0n) is 16.7. The third kappa shape index (κ3) is 5.89. The minimum absolute atomic E-state index is 0.0703. The number of anilines is 1. The lowest BCUT2D eigenvalue weighted by Gasteiger charge is -2.36. The predicted octanol–water partition coefficient (Wildman–Crippen LogP) is 3.22. The van der Waals surface area contributed by atoms with E-state index in [2.05, 4.69) is 22.3 Å². The molecular formula is C23H25F2N3O2. The summed E-state index contributed by atoms with van der Waals surface area (Å²) in [6.07, 6.45) is 3.05. The summed E-state index contributed by atoms with van der Waals surface area (Å²) >= 11 is 0. The molecule has 0 aromatic heterocycles. The molecule has 0 aliphatic carbocycles. The maximum absolute atomic E-state index is 13.5. The van der Waals surface area contributed by atoms with Crippen LogP contribution < -0.4 is 10.2 Å². The van der Waals surface area contributed by atoms with E-state index in [9.17, 15) is 18.4 Å². The molecule has 1 fully saturated rings. The molecule has 1 aliphatic rings. The van der Waals surface area contributed by atoms with Crippen molar-refractivity contribution in [2.75, 3.05) is 37.6 Å². The van der Waals surface area contributed by atoms with Crippen LogP contribution in [0.4, 0.5) is 14.5 Å². The van der Waals surface area contributed by atoms with Crippen molar-refractivity contribution in [3.8, 4) is 0 Å². The Morgan fingerprint density at radius 1 is 0.933 bits per heavy atom. The van der Waals surface area contributed by atoms with Crippen molar-refractivity contribution in [1.29, 1.82) is 0 Å². The first kappa shape index (κ1) is 21.5. The second-order valence-corrected chi connectivity index (χ2v) is 7.07. The summed E-state index contributed by atoms with van der Waals surface area (Å²) in [5.74, 6) is -1.84. The summed E-state index contributed by atoms with van der Waals surface area (Å²) in [6.45, 7) is 3.26. The van der Waals surface area contributed by atoms with Crippen molar-refractivity contribution < 1.29 is 18.4 Å². The highest BCUT2D eigenvalue weighted by atomic mass is 19.1. The van der Waals surface area contributed by atoms with Gasteiger partial charge in [-0.05, 0) is 36.8 Å². The number of nitrogens with zero attached hydrogens (tertiary/aromatic N) is 2. The number of hydrogen-bond acceptors (Lipinski definition) is 3. The van der Waals surface area contributed by atoms with E-state index < -0.39 is 17.5 Å². The first-order valence-electron chi connectivity index (χ1n) is 10.0. The van der Waals surface area contributed by atoms with Crippen molar-refractivity contribution in [3.63, 3.8) is 0 Å². The summed E-state index contributed by atoms with van der Waals surface area (Å²) in [5, 5.41) is 2.63. The van der Waals surface area contributed by atoms with Gasteiger partial charge in [0.25, 0.3) is 0 Å². The second kappa shape index (κ2) is 10.5. The van der Waals surface area contributed by atoms with Gasteiger partial charge in [-0.25, -0.2) is 8.78 Å². The van der Waals surface area contributed by atoms with Gasteiger partial charge in [0.2, 0.25) is 11.8 Å². The van der Waals surface area contributed by atoms with Crippen LogP contribution in [0.2, 0.25) is 0 Å². The molecule has 2 aromatic rings. The van der Waals surface area contributed by atoms with Crippen LogP contribution in [-0.4, -0.2) is 49.4 Å². The average Bonchev–Trinajstić information content (AvgIpc) is 2.77. The zero-order chi connectivity index (χ0) is 21.3. The molecule has 1 aliphatic heterocycles. The highest BCUT2D eigenvalue weighted by Gasteiger charge is 2.20. The van der Waals surface area contributed by atoms with Crippen LogP contribution in [0.25, 0.3) is 6.08 Å². The van der Waals surface area contributed by atoms with Gasteiger partial charge in [0.1, 0.15) is 11.6 Å². The van der Waals surface area contributed by atoms with Crippen LogP contribution in [0.3, 0.4) is 0 Å². The van der Waals surface area contributed by atoms with Crippen LogP contribution >= 0.6 is 0 Å². The van der Waals surface area contributed by atoms with E-state index in [4.69, 9.17) is 0 Å². The quantitative estimate of drug-likeness (QED) is 0.560. The Morgan fingerprint density at radius 2 is 1.60 bits per heavy atom. The van der Waals surface area contributed by atoms with Crippen LogP contribution in [0, 0.1) is 11.6 Å². The fourth-order valence-electron chi connectivity index (χ4n) is 3.35. The molecule has 3 rings (SSSR count). The van der Waals surface area contributed by atoms with E-state index in [1.165, 1.54) is 6.07 Å². The lowest BCUT2D eigenvalue weighted by Crippen LogP contribution is -2.48. The standard InChI is InChI=1S/C23H25F2N3O2/c24-20-8-4-9-21(25)19(20)11-12-22(29)26-13-5-10-23(30)28-16-14-27(15-17-28)18-6-2-1-3-7-18/h1-4,6-9,11-12H,5,10,13-17H2,(H,26,29). The summed E-state index contributed by atoms with van der Waals surface area (Å²) in [6, 6.07) is 13.6. The third-order valence-electron chi connectivity index (χ3n) is 5.02. The van der Waals surface area contributed by atoms with Crippen LogP contribution in [-0.2, 0) is 9.59 Å². The average molecular weight is 413 g/mol. The molecule has 1 heterocycles. The molecule has 2 amide bonds. The molecule has 0 unspecified atom stereocenters. The highest BCUT2D eigenvalue weighted by Crippen LogP contribution is 2.16. The number of hydrogen-bond donors (Lipinski definition) is 1. The van der Waals surface area contributed by atoms with E-state index in [1.807, 2.05) is 23.1 Å². The maximum atomic E-state index is 13.5. The van der Waals surface area contributed by atoms with Crippen molar-refractivity contribution in [3.05, 3.63) is 71.8 Å². The topological polar surface area (TPSA) is 52.7 Å². The van der Waals surface area contributed by atoms with Gasteiger partial charge in [-0.15, -0.1) is 0 Å². The lowest BCUT2D eigenvalue weighted by molar-refractivity contribution is -0.131. The number of rotatable bonds is 7. The van der Waals surface area contributed by atoms with E-state index in [0.717, 1.165) is 43.1 Å². The molecule has 0 saturated carbocycles. The van der Waals surface area contributed by atoms with Gasteiger partial charge in [0, 0.05) is 56.5 Å². The van der Waals surface area contributed by atoms with Gasteiger partial charge >= 0.3 is 0 Å². The summed E-state index contributed by atoms with van der Waals surface area (Å²) in [5.41, 5.74) is 0.910. The monoisotopic (exact) mass is 413 g/mol. The van der Waals surface area contributed by atoms with Crippen LogP contribution in [0.15, 0.2) is 54.6 Å². The summed E-state index contributed by atoms with van der Waals surface area (Å²) in [4.78, 5) is 28.3. The number of piperazine rings is 1. The van der Waals surface area contributed by atoms with E-state index in [0.29, 0.717) is 32.5 Å². The van der Waals surface area contributed by atoms with Crippen molar-refractivity contribution in [2.45, 2.75) is 12.8 Å². The normalized spacial score (nSPS) is 14.2. The molecule has 158 valence electrons. The number of amides is 2. The Kier molecular flexibility index (Phi) is 7.54. The number of benzene rings is 2. The van der Waals surface area contributed by atoms with Gasteiger partial charge in [-0.2, -0.15) is 0 Å². The van der Waals surface area contributed by atoms with Gasteiger partial charge < -0.3 is 15.1 Å². The van der Waals surface area contributed by atoms with Gasteiger partial charge in [0.15, 0.2) is 0 Å². The summed E-state index contributed by atoms with van der Waals surface area (Å²) < 4.78 is 27.1. The third-order valence-corrected chi connectivity index (χ3v) is 5.02. The van der Waals surface area contributed by atoms with Gasteiger partial charge in [0.05, 0.1) is 0 Å². The molecule has 5 nitrogen and oxygen atoms in total. The summed E-state index contributed by atoms with van der Waals surface area (Å²) in [7, 11) is 0. The largest absolute Gasteiger partial charge is 0.368 e. The van der Waals surface area contributed by atoms with Crippen molar-refractivity contribution >= 4 is 23.6 Å². The molecule has 0 bridgehead atoms. The van der Waals surface area contributed by atoms with Crippen molar-refractivity contribution in [2.24, 2.45) is 0 Å². The molecule has 7 heteroatoms. The minimum Gasteiger partial charge on any atom is -0.368 e.